The molecular formula is C17H20BFN2O6. The largest absolute Gasteiger partial charge is 0.535 e. The fraction of sp³-hybridized carbons (Fsp3) is 0.529. The third-order valence-corrected chi connectivity index (χ3v) is 5.16. The number of nitrogens with one attached hydrogen (secondary N) is 1. The second kappa shape index (κ2) is 7.01. The summed E-state index contributed by atoms with van der Waals surface area (Å²) in [7, 11) is -1.04. The monoisotopic (exact) mass is 378 g/mol. The number of carbonyl (C=O) groups excluding carboxylic acids is 1. The molecule has 27 heavy (non-hydrogen) atoms. The van der Waals surface area contributed by atoms with E-state index in [0.717, 1.165) is 0 Å². The van der Waals surface area contributed by atoms with Crippen molar-refractivity contribution in [3.63, 3.8) is 0 Å². The smallest absolute Gasteiger partial charge is 0.522 e. The molecule has 3 N–H and O–H groups in total. The zero-order chi connectivity index (χ0) is 19.1. The number of aryl methyl sites for hydroxylation is 1. The molecule has 0 aromatic heterocycles. The first kappa shape index (κ1) is 18.1. The summed E-state index contributed by atoms with van der Waals surface area (Å²) < 4.78 is 24.3. The Morgan fingerprint density at radius 2 is 2.15 bits per heavy atom. The van der Waals surface area contributed by atoms with E-state index in [-0.39, 0.29) is 42.0 Å². The highest BCUT2D eigenvalue weighted by atomic mass is 19.1. The number of hydrogen-bond acceptors (Lipinski definition) is 6. The highest BCUT2D eigenvalue weighted by Crippen LogP contribution is 2.37. The Balaban J connectivity index is 1.43. The van der Waals surface area contributed by atoms with Gasteiger partial charge in [0.15, 0.2) is 0 Å². The van der Waals surface area contributed by atoms with Gasteiger partial charge in [-0.15, -0.1) is 0 Å². The van der Waals surface area contributed by atoms with Crippen molar-refractivity contribution < 1.29 is 33.5 Å². The van der Waals surface area contributed by atoms with Gasteiger partial charge in [0.2, 0.25) is 5.91 Å². The lowest BCUT2D eigenvalue weighted by atomic mass is 9.78. The molecule has 144 valence electrons. The van der Waals surface area contributed by atoms with Crippen LogP contribution < -0.4 is 14.7 Å². The number of hydrogen-bond donors (Lipinski definition) is 3. The van der Waals surface area contributed by atoms with Gasteiger partial charge in [-0.05, 0) is 24.4 Å². The van der Waals surface area contributed by atoms with E-state index in [4.69, 9.17) is 9.39 Å². The summed E-state index contributed by atoms with van der Waals surface area (Å²) >= 11 is 0. The van der Waals surface area contributed by atoms with Crippen LogP contribution in [0.25, 0.3) is 0 Å². The van der Waals surface area contributed by atoms with Crippen LogP contribution in [0.4, 0.5) is 4.39 Å². The Bertz CT molecular complexity index is 772. The van der Waals surface area contributed by atoms with Crippen LogP contribution >= 0.6 is 0 Å². The molecule has 3 aliphatic rings. The zero-order valence-electron chi connectivity index (χ0n) is 14.6. The van der Waals surface area contributed by atoms with Crippen LogP contribution in [0.1, 0.15) is 22.3 Å². The van der Waals surface area contributed by atoms with E-state index in [0.29, 0.717) is 31.4 Å². The number of likely N-dealkylation sites (tertiary alicyclic amines) is 1. The van der Waals surface area contributed by atoms with Crippen LogP contribution in [0, 0.1) is 0 Å². The van der Waals surface area contributed by atoms with Crippen LogP contribution in [-0.4, -0.2) is 72.0 Å². The van der Waals surface area contributed by atoms with E-state index in [1.54, 1.807) is 17.0 Å². The maximum atomic E-state index is 13.2. The molecule has 0 saturated carbocycles. The van der Waals surface area contributed by atoms with Crippen LogP contribution in [0.5, 0.6) is 11.5 Å². The van der Waals surface area contributed by atoms with E-state index in [2.05, 4.69) is 5.32 Å². The topological polar surface area (TPSA) is 108 Å². The third kappa shape index (κ3) is 3.46. The number of rotatable bonds is 4. The lowest BCUT2D eigenvalue weighted by Gasteiger charge is -2.40. The minimum Gasteiger partial charge on any atom is -0.535 e. The van der Waals surface area contributed by atoms with Crippen molar-refractivity contribution in [1.29, 1.82) is 0 Å². The van der Waals surface area contributed by atoms with Gasteiger partial charge in [-0.1, -0.05) is 6.07 Å². The molecule has 2 atom stereocenters. The number of aromatic carboxylic acids is 1. The van der Waals surface area contributed by atoms with E-state index in [1.165, 1.54) is 0 Å². The molecule has 0 spiro atoms. The predicted molar refractivity (Wildman–Crippen MR) is 92.8 cm³/mol. The van der Waals surface area contributed by atoms with E-state index < -0.39 is 25.3 Å². The Morgan fingerprint density at radius 1 is 1.37 bits per heavy atom. The molecule has 3 aliphatic heterocycles. The number of carboxylic acid groups (broad SMARTS) is 1. The first-order chi connectivity index (χ1) is 12.9. The van der Waals surface area contributed by atoms with Crippen LogP contribution in [-0.2, 0) is 11.2 Å². The van der Waals surface area contributed by atoms with Gasteiger partial charge in [0.05, 0.1) is 19.1 Å². The fourth-order valence-electron chi connectivity index (χ4n) is 3.69. The minimum absolute atomic E-state index is 0.117. The summed E-state index contributed by atoms with van der Waals surface area (Å²) in [4.78, 5) is 25.6. The van der Waals surface area contributed by atoms with E-state index in [1.807, 2.05) is 0 Å². The summed E-state index contributed by atoms with van der Waals surface area (Å²) in [5.41, 5.74) is 0.595. The quantitative estimate of drug-likeness (QED) is 0.638. The molecule has 3 heterocycles. The molecule has 10 heteroatoms. The minimum atomic E-state index is -1.20. The molecule has 8 nitrogen and oxygen atoms in total. The van der Waals surface area contributed by atoms with Crippen molar-refractivity contribution in [3.05, 3.63) is 23.3 Å². The highest BCUT2D eigenvalue weighted by molar-refractivity contribution is 6.44. The van der Waals surface area contributed by atoms with Gasteiger partial charge >= 0.3 is 13.1 Å². The summed E-state index contributed by atoms with van der Waals surface area (Å²) in [5, 5.41) is 22.1. The van der Waals surface area contributed by atoms with Crippen molar-refractivity contribution >= 4 is 19.0 Å². The number of halogens is 1. The van der Waals surface area contributed by atoms with Gasteiger partial charge in [-0.2, -0.15) is 0 Å². The van der Waals surface area contributed by atoms with Crippen molar-refractivity contribution in [1.82, 2.24) is 10.2 Å². The van der Waals surface area contributed by atoms with Crippen molar-refractivity contribution in [3.8, 4) is 11.5 Å². The van der Waals surface area contributed by atoms with Gasteiger partial charge in [0.1, 0.15) is 29.3 Å². The lowest BCUT2D eigenvalue weighted by molar-refractivity contribution is -0.142. The fourth-order valence-corrected chi connectivity index (χ4v) is 3.69. The number of alkyl halides is 1. The lowest BCUT2D eigenvalue weighted by Crippen LogP contribution is -2.59. The van der Waals surface area contributed by atoms with Crippen molar-refractivity contribution in [2.75, 3.05) is 19.6 Å². The number of fused-ring (bicyclic) bond motifs is 1. The SMILES string of the molecule is O=C(O)c1c(OC2CN(C(=O)C3CC(F)CN3)C2)ccc2c1OB(O)CC2. The Morgan fingerprint density at radius 3 is 2.81 bits per heavy atom. The number of ether oxygens (including phenoxy) is 1. The standard InChI is InChI=1S/C17H20BFN2O6/c19-10-5-12(20-6-10)16(22)21-7-11(8-21)26-13-2-1-9-3-4-18(25)27-15(9)14(13)17(23)24/h1-2,10-12,20,25H,3-8H2,(H,23,24). The van der Waals surface area contributed by atoms with Crippen molar-refractivity contribution in [2.24, 2.45) is 0 Å². The highest BCUT2D eigenvalue weighted by Gasteiger charge is 2.39. The first-order valence-electron chi connectivity index (χ1n) is 8.99. The molecule has 2 saturated heterocycles. The number of amides is 1. The normalized spacial score (nSPS) is 24.8. The van der Waals surface area contributed by atoms with Crippen molar-refractivity contribution in [2.45, 2.75) is 37.5 Å². The molecule has 0 bridgehead atoms. The maximum absolute atomic E-state index is 13.2. The van der Waals surface area contributed by atoms with Gasteiger partial charge in [0.25, 0.3) is 0 Å². The summed E-state index contributed by atoms with van der Waals surface area (Å²) in [6.07, 6.45) is -0.250. The molecule has 0 radical (unpaired) electrons. The van der Waals surface area contributed by atoms with E-state index >= 15 is 0 Å². The van der Waals surface area contributed by atoms with Crippen LogP contribution in [0.2, 0.25) is 6.32 Å². The van der Waals surface area contributed by atoms with Gasteiger partial charge in [-0.25, -0.2) is 9.18 Å². The molecule has 2 unspecified atom stereocenters. The Kier molecular flexibility index (Phi) is 4.69. The third-order valence-electron chi connectivity index (χ3n) is 5.16. The predicted octanol–water partition coefficient (Wildman–Crippen LogP) is 0.0898. The average Bonchev–Trinajstić information content (AvgIpc) is 3.02. The maximum Gasteiger partial charge on any atom is 0.522 e. The number of carboxylic acids is 1. The summed E-state index contributed by atoms with van der Waals surface area (Å²) in [5.74, 6) is -1.08. The Hall–Kier alpha value is -2.33. The van der Waals surface area contributed by atoms with Gasteiger partial charge in [-0.3, -0.25) is 4.79 Å². The molecule has 1 amide bonds. The molecule has 1 aromatic carbocycles. The number of benzene rings is 1. The van der Waals surface area contributed by atoms with Gasteiger partial charge in [0, 0.05) is 13.0 Å². The summed E-state index contributed by atoms with van der Waals surface area (Å²) in [6, 6.07) is 2.81. The van der Waals surface area contributed by atoms with Crippen LogP contribution in [0.15, 0.2) is 12.1 Å². The molecule has 0 aliphatic carbocycles. The van der Waals surface area contributed by atoms with E-state index in [9.17, 15) is 24.1 Å². The van der Waals surface area contributed by atoms with Crippen LogP contribution in [0.3, 0.4) is 0 Å². The second-order valence-electron chi connectivity index (χ2n) is 7.12. The average molecular weight is 378 g/mol. The number of nitrogens with zero attached hydrogens (tertiary/aromatic N) is 1. The summed E-state index contributed by atoms with van der Waals surface area (Å²) in [6.45, 7) is 0.814. The first-order valence-corrected chi connectivity index (χ1v) is 8.99. The van der Waals surface area contributed by atoms with Gasteiger partial charge < -0.3 is 29.7 Å². The zero-order valence-corrected chi connectivity index (χ0v) is 14.6. The number of carbonyl (C=O) groups is 2. The molecule has 2 fully saturated rings. The molecular weight excluding hydrogens is 358 g/mol. The molecule has 4 rings (SSSR count). The molecule has 1 aromatic rings. The Labute approximate surface area is 155 Å². The second-order valence-corrected chi connectivity index (χ2v) is 7.12.